The van der Waals surface area contributed by atoms with Crippen LogP contribution in [-0.2, 0) is 6.18 Å². The predicted molar refractivity (Wildman–Crippen MR) is 127 cm³/mol. The fraction of sp³-hybridized carbons (Fsp3) is 0.292. The molecular weight excluding hydrogens is 499 g/mol. The van der Waals surface area contributed by atoms with E-state index in [1.165, 1.54) is 0 Å². The normalized spacial score (nSPS) is 19.8. The summed E-state index contributed by atoms with van der Waals surface area (Å²) in [5.74, 6) is -1.75. The van der Waals surface area contributed by atoms with Gasteiger partial charge in [-0.1, -0.05) is 6.07 Å². The highest BCUT2D eigenvalue weighted by Gasteiger charge is 2.39. The van der Waals surface area contributed by atoms with Gasteiger partial charge in [-0.15, -0.1) is 11.3 Å². The van der Waals surface area contributed by atoms with Gasteiger partial charge in [-0.3, -0.25) is 0 Å². The Morgan fingerprint density at radius 1 is 1.14 bits per heavy atom. The summed E-state index contributed by atoms with van der Waals surface area (Å²) in [5.41, 5.74) is 3.02. The monoisotopic (exact) mass is 516 g/mol. The van der Waals surface area contributed by atoms with Crippen molar-refractivity contribution in [3.8, 4) is 17.2 Å². The summed E-state index contributed by atoms with van der Waals surface area (Å²) in [6, 6.07) is 5.01. The van der Waals surface area contributed by atoms with Gasteiger partial charge < -0.3 is 16.0 Å². The van der Waals surface area contributed by atoms with Crippen LogP contribution in [0.25, 0.3) is 32.1 Å². The van der Waals surface area contributed by atoms with Gasteiger partial charge in [0.1, 0.15) is 34.5 Å². The second-order valence-electron chi connectivity index (χ2n) is 9.00. The van der Waals surface area contributed by atoms with Crippen LogP contribution in [0.5, 0.6) is 0 Å². The maximum absolute atomic E-state index is 16.1. The molecule has 2 aromatic carbocycles. The first-order valence-corrected chi connectivity index (χ1v) is 11.9. The molecule has 0 spiro atoms. The molecule has 0 unspecified atom stereocenters. The van der Waals surface area contributed by atoms with E-state index in [2.05, 4.69) is 15.3 Å². The number of aromatic nitrogens is 2. The van der Waals surface area contributed by atoms with Gasteiger partial charge in [0, 0.05) is 41.5 Å². The summed E-state index contributed by atoms with van der Waals surface area (Å²) in [6.07, 6.45) is -1.94. The number of hydrogen-bond acceptors (Lipinski definition) is 7. The Morgan fingerprint density at radius 3 is 2.53 bits per heavy atom. The molecule has 0 amide bonds. The summed E-state index contributed by atoms with van der Waals surface area (Å²) in [4.78, 5) is 10.1. The predicted octanol–water partition coefficient (Wildman–Crippen LogP) is 5.20. The lowest BCUT2D eigenvalue weighted by Gasteiger charge is -2.34. The van der Waals surface area contributed by atoms with Gasteiger partial charge in [0.15, 0.2) is 5.82 Å². The van der Waals surface area contributed by atoms with E-state index < -0.39 is 28.9 Å². The minimum absolute atomic E-state index is 0.0592. The molecule has 6 nitrogen and oxygen atoms in total. The number of nitrogens with zero attached hydrogens (tertiary/aromatic N) is 4. The van der Waals surface area contributed by atoms with E-state index in [1.807, 2.05) is 11.0 Å². The summed E-state index contributed by atoms with van der Waals surface area (Å²) in [5, 5.41) is 12.7. The Balaban J connectivity index is 1.66. The molecule has 3 N–H and O–H groups in total. The van der Waals surface area contributed by atoms with Gasteiger partial charge in [0.2, 0.25) is 0 Å². The molecule has 2 fully saturated rings. The van der Waals surface area contributed by atoms with Gasteiger partial charge in [0.05, 0.1) is 15.8 Å². The van der Waals surface area contributed by atoms with E-state index in [0.717, 1.165) is 48.7 Å². The number of anilines is 2. The highest BCUT2D eigenvalue weighted by molar-refractivity contribution is 7.23. The van der Waals surface area contributed by atoms with Crippen LogP contribution in [0.4, 0.5) is 32.8 Å². The number of fused-ring (bicyclic) bond motifs is 4. The van der Waals surface area contributed by atoms with E-state index in [-0.39, 0.29) is 55.0 Å². The fourth-order valence-corrected chi connectivity index (χ4v) is 6.31. The maximum Gasteiger partial charge on any atom is 0.417 e. The molecule has 2 aliphatic heterocycles. The number of hydrogen-bond donors (Lipinski definition) is 2. The number of nitrogens with two attached hydrogens (primary N) is 1. The molecule has 2 atom stereocenters. The Kier molecular flexibility index (Phi) is 5.07. The van der Waals surface area contributed by atoms with E-state index >= 15 is 4.39 Å². The third kappa shape index (κ3) is 3.37. The average Bonchev–Trinajstić information content (AvgIpc) is 3.36. The standard InChI is InChI=1S/C24H17F5N6S/c25-16-4-3-12(17-14(6-30)22(31)36-21(16)17)18-15(24(27,28)29)5-13-20(19(18)26)32-9-33-23(13)35-7-10-1-2-11(8-35)34-10/h3-5,9-11,34H,1-2,7-8,31H2/t10-,11+. The molecule has 184 valence electrons. The van der Waals surface area contributed by atoms with Crippen LogP contribution in [0.3, 0.4) is 0 Å². The number of thiophene rings is 1. The molecule has 2 aliphatic rings. The van der Waals surface area contributed by atoms with Crippen LogP contribution in [0.2, 0.25) is 0 Å². The zero-order valence-corrected chi connectivity index (χ0v) is 19.3. The van der Waals surface area contributed by atoms with Gasteiger partial charge in [0.25, 0.3) is 0 Å². The van der Waals surface area contributed by atoms with Crippen LogP contribution in [0.1, 0.15) is 24.0 Å². The smallest absolute Gasteiger partial charge is 0.389 e. The van der Waals surface area contributed by atoms with Crippen molar-refractivity contribution in [3.63, 3.8) is 0 Å². The summed E-state index contributed by atoms with van der Waals surface area (Å²) in [6.45, 7) is 1.07. The second-order valence-corrected chi connectivity index (χ2v) is 10.1. The van der Waals surface area contributed by atoms with Crippen LogP contribution in [0.15, 0.2) is 24.5 Å². The lowest BCUT2D eigenvalue weighted by atomic mass is 9.92. The van der Waals surface area contributed by atoms with Crippen LogP contribution >= 0.6 is 11.3 Å². The van der Waals surface area contributed by atoms with Crippen molar-refractivity contribution < 1.29 is 22.0 Å². The van der Waals surface area contributed by atoms with Crippen molar-refractivity contribution in [2.75, 3.05) is 23.7 Å². The van der Waals surface area contributed by atoms with Crippen molar-refractivity contribution in [1.29, 1.82) is 5.26 Å². The molecule has 0 aliphatic carbocycles. The van der Waals surface area contributed by atoms with E-state index in [0.29, 0.717) is 13.1 Å². The molecule has 2 aromatic heterocycles. The summed E-state index contributed by atoms with van der Waals surface area (Å²) < 4.78 is 73.8. The van der Waals surface area contributed by atoms with Crippen LogP contribution < -0.4 is 16.0 Å². The number of piperazine rings is 1. The Bertz CT molecular complexity index is 1580. The first-order chi connectivity index (χ1) is 17.2. The first kappa shape index (κ1) is 22.9. The molecule has 4 heterocycles. The molecule has 0 radical (unpaired) electrons. The van der Waals surface area contributed by atoms with E-state index in [9.17, 15) is 22.8 Å². The molecule has 36 heavy (non-hydrogen) atoms. The van der Waals surface area contributed by atoms with Gasteiger partial charge >= 0.3 is 6.18 Å². The highest BCUT2D eigenvalue weighted by Crippen LogP contribution is 2.47. The van der Waals surface area contributed by atoms with Crippen LogP contribution in [-0.4, -0.2) is 35.1 Å². The lowest BCUT2D eigenvalue weighted by molar-refractivity contribution is -0.137. The molecular formula is C24H17F5N6S. The first-order valence-electron chi connectivity index (χ1n) is 11.1. The van der Waals surface area contributed by atoms with Crippen molar-refractivity contribution in [1.82, 2.24) is 15.3 Å². The molecule has 2 saturated heterocycles. The third-order valence-corrected chi connectivity index (χ3v) is 7.90. The largest absolute Gasteiger partial charge is 0.417 e. The zero-order chi connectivity index (χ0) is 25.4. The number of nitriles is 1. The fourth-order valence-electron chi connectivity index (χ4n) is 5.36. The SMILES string of the molecule is N#Cc1c(N)sc2c(F)ccc(-c3c(C(F)(F)F)cc4c(N5C[C@H]6CC[C@@H](C5)N6)ncnc4c3F)c12. The summed E-state index contributed by atoms with van der Waals surface area (Å²) in [7, 11) is 0. The zero-order valence-electron chi connectivity index (χ0n) is 18.5. The van der Waals surface area contributed by atoms with Crippen molar-refractivity contribution in [2.24, 2.45) is 0 Å². The van der Waals surface area contributed by atoms with Crippen molar-refractivity contribution >= 4 is 43.1 Å². The van der Waals surface area contributed by atoms with Gasteiger partial charge in [-0.2, -0.15) is 18.4 Å². The minimum Gasteiger partial charge on any atom is -0.389 e. The highest BCUT2D eigenvalue weighted by atomic mass is 32.1. The molecule has 6 rings (SSSR count). The summed E-state index contributed by atoms with van der Waals surface area (Å²) >= 11 is 0.727. The number of alkyl halides is 3. The molecule has 2 bridgehead atoms. The van der Waals surface area contributed by atoms with Gasteiger partial charge in [-0.25, -0.2) is 18.7 Å². The number of benzene rings is 2. The minimum atomic E-state index is -4.96. The number of halogens is 5. The van der Waals surface area contributed by atoms with E-state index in [1.54, 1.807) is 0 Å². The Hall–Kier alpha value is -3.56. The van der Waals surface area contributed by atoms with E-state index in [4.69, 9.17) is 5.73 Å². The topological polar surface area (TPSA) is 90.9 Å². The number of rotatable bonds is 2. The lowest BCUT2D eigenvalue weighted by Crippen LogP contribution is -2.51. The number of nitrogen functional groups attached to an aromatic ring is 1. The van der Waals surface area contributed by atoms with Crippen molar-refractivity contribution in [2.45, 2.75) is 31.1 Å². The third-order valence-electron chi connectivity index (χ3n) is 6.87. The van der Waals surface area contributed by atoms with Crippen LogP contribution in [0, 0.1) is 23.0 Å². The molecule has 0 saturated carbocycles. The maximum atomic E-state index is 16.1. The number of nitrogens with one attached hydrogen (secondary N) is 1. The molecule has 4 aromatic rings. The van der Waals surface area contributed by atoms with Crippen molar-refractivity contribution in [3.05, 3.63) is 47.3 Å². The average molecular weight is 516 g/mol. The Morgan fingerprint density at radius 2 is 1.86 bits per heavy atom. The second kappa shape index (κ2) is 7.97. The van der Waals surface area contributed by atoms with Gasteiger partial charge in [-0.05, 0) is 30.5 Å². The Labute approximate surface area is 205 Å². The molecule has 12 heteroatoms. The quantitative estimate of drug-likeness (QED) is 0.356.